The molecule has 0 aromatic heterocycles. The first kappa shape index (κ1) is 17.7. The number of halogens is 1. The van der Waals surface area contributed by atoms with Gasteiger partial charge >= 0.3 is 0 Å². The lowest BCUT2D eigenvalue weighted by Gasteiger charge is -2.38. The van der Waals surface area contributed by atoms with Gasteiger partial charge in [0.15, 0.2) is 0 Å². The highest BCUT2D eigenvalue weighted by atomic mass is 35.5. The van der Waals surface area contributed by atoms with Crippen molar-refractivity contribution in [3.8, 4) is 0 Å². The molecular formula is C18H27ClN4O. The van der Waals surface area contributed by atoms with Crippen molar-refractivity contribution in [1.29, 1.82) is 0 Å². The molecule has 0 aliphatic carbocycles. The second-order valence-corrected chi connectivity index (χ2v) is 7.78. The van der Waals surface area contributed by atoms with Crippen LogP contribution in [0.3, 0.4) is 0 Å². The summed E-state index contributed by atoms with van der Waals surface area (Å²) < 4.78 is 0. The molecule has 0 saturated carbocycles. The van der Waals surface area contributed by atoms with Crippen molar-refractivity contribution < 1.29 is 4.79 Å². The molecule has 1 amide bonds. The summed E-state index contributed by atoms with van der Waals surface area (Å²) in [7, 11) is 0. The van der Waals surface area contributed by atoms with Gasteiger partial charge in [0.2, 0.25) is 5.91 Å². The highest BCUT2D eigenvalue weighted by molar-refractivity contribution is 6.30. The molecule has 2 heterocycles. The van der Waals surface area contributed by atoms with Gasteiger partial charge in [-0.2, -0.15) is 0 Å². The molecule has 0 spiro atoms. The van der Waals surface area contributed by atoms with Crippen LogP contribution >= 0.6 is 11.6 Å². The summed E-state index contributed by atoms with van der Waals surface area (Å²) in [5.41, 5.74) is 1.21. The fraction of sp³-hybridized carbons (Fsp3) is 0.611. The Morgan fingerprint density at radius 3 is 2.50 bits per heavy atom. The Labute approximate surface area is 149 Å². The normalized spacial score (nSPS) is 25.8. The van der Waals surface area contributed by atoms with Gasteiger partial charge in [0.05, 0.1) is 6.54 Å². The van der Waals surface area contributed by atoms with Crippen molar-refractivity contribution in [3.63, 3.8) is 0 Å². The molecule has 1 aromatic carbocycles. The summed E-state index contributed by atoms with van der Waals surface area (Å²) in [6.07, 6.45) is 1.26. The summed E-state index contributed by atoms with van der Waals surface area (Å²) in [6.45, 7) is 10.2. The van der Waals surface area contributed by atoms with E-state index in [2.05, 4.69) is 27.4 Å². The van der Waals surface area contributed by atoms with Gasteiger partial charge < -0.3 is 15.5 Å². The predicted molar refractivity (Wildman–Crippen MR) is 98.6 cm³/mol. The highest BCUT2D eigenvalue weighted by Crippen LogP contribution is 2.26. The van der Waals surface area contributed by atoms with Gasteiger partial charge in [-0.3, -0.25) is 9.69 Å². The second kappa shape index (κ2) is 7.83. The molecule has 132 valence electrons. The molecule has 2 fully saturated rings. The smallest absolute Gasteiger partial charge is 0.238 e. The van der Waals surface area contributed by atoms with E-state index in [1.165, 1.54) is 6.42 Å². The van der Waals surface area contributed by atoms with Gasteiger partial charge in [-0.25, -0.2) is 0 Å². The molecule has 1 unspecified atom stereocenters. The Bertz CT molecular complexity index is 549. The van der Waals surface area contributed by atoms with Gasteiger partial charge in [-0.05, 0) is 42.6 Å². The molecule has 6 heteroatoms. The quantitative estimate of drug-likeness (QED) is 0.851. The molecule has 24 heavy (non-hydrogen) atoms. The molecule has 1 atom stereocenters. The number of carbonyl (C=O) groups is 1. The molecular weight excluding hydrogens is 324 g/mol. The average molecular weight is 351 g/mol. The standard InChI is InChI=1S/C18H27ClN4O/c1-18(6-7-20-13-18)14-23-10-8-22(9-11-23)12-17(24)21-16-4-2-15(19)3-5-16/h2-5,20H,6-14H2,1H3,(H,21,24). The van der Waals surface area contributed by atoms with Crippen molar-refractivity contribution >= 4 is 23.2 Å². The Kier molecular flexibility index (Phi) is 5.76. The molecule has 2 aliphatic rings. The van der Waals surface area contributed by atoms with E-state index in [1.807, 2.05) is 12.1 Å². The zero-order valence-corrected chi connectivity index (χ0v) is 15.1. The summed E-state index contributed by atoms with van der Waals surface area (Å²) in [4.78, 5) is 16.9. The van der Waals surface area contributed by atoms with E-state index in [0.717, 1.165) is 51.5 Å². The molecule has 2 N–H and O–H groups in total. The molecule has 2 aliphatic heterocycles. The fourth-order valence-electron chi connectivity index (χ4n) is 3.59. The molecule has 1 aromatic rings. The Hall–Kier alpha value is -1.14. The highest BCUT2D eigenvalue weighted by Gasteiger charge is 2.31. The Balaban J connectivity index is 1.40. The summed E-state index contributed by atoms with van der Waals surface area (Å²) in [6, 6.07) is 7.23. The van der Waals surface area contributed by atoms with Gasteiger partial charge in [-0.1, -0.05) is 18.5 Å². The minimum atomic E-state index is 0.0396. The van der Waals surface area contributed by atoms with E-state index in [0.29, 0.717) is 17.0 Å². The number of rotatable bonds is 5. The van der Waals surface area contributed by atoms with E-state index in [1.54, 1.807) is 12.1 Å². The van der Waals surface area contributed by atoms with Crippen molar-refractivity contribution in [2.45, 2.75) is 13.3 Å². The van der Waals surface area contributed by atoms with Crippen molar-refractivity contribution in [2.75, 3.05) is 57.7 Å². The Morgan fingerprint density at radius 2 is 1.88 bits per heavy atom. The van der Waals surface area contributed by atoms with E-state index >= 15 is 0 Å². The van der Waals surface area contributed by atoms with Crippen LogP contribution in [0.4, 0.5) is 5.69 Å². The number of hydrogen-bond donors (Lipinski definition) is 2. The number of benzene rings is 1. The van der Waals surface area contributed by atoms with Crippen LogP contribution in [0.5, 0.6) is 0 Å². The van der Waals surface area contributed by atoms with Crippen LogP contribution in [-0.4, -0.2) is 68.1 Å². The molecule has 5 nitrogen and oxygen atoms in total. The molecule has 3 rings (SSSR count). The predicted octanol–water partition coefficient (Wildman–Crippen LogP) is 1.90. The molecule has 2 saturated heterocycles. The van der Waals surface area contributed by atoms with Crippen LogP contribution in [0.25, 0.3) is 0 Å². The number of carbonyl (C=O) groups excluding carboxylic acids is 1. The van der Waals surface area contributed by atoms with E-state index in [4.69, 9.17) is 11.6 Å². The average Bonchev–Trinajstić information content (AvgIpc) is 2.98. The number of nitrogens with one attached hydrogen (secondary N) is 2. The van der Waals surface area contributed by atoms with Gasteiger partial charge in [0.25, 0.3) is 0 Å². The lowest BCUT2D eigenvalue weighted by atomic mass is 9.89. The number of amides is 1. The first-order valence-electron chi connectivity index (χ1n) is 8.73. The monoisotopic (exact) mass is 350 g/mol. The zero-order chi connectivity index (χ0) is 17.0. The first-order valence-corrected chi connectivity index (χ1v) is 9.11. The summed E-state index contributed by atoms with van der Waals surface area (Å²) in [5, 5.41) is 7.07. The van der Waals surface area contributed by atoms with Gasteiger partial charge in [0, 0.05) is 50.0 Å². The number of piperazine rings is 1. The second-order valence-electron chi connectivity index (χ2n) is 7.34. The van der Waals surface area contributed by atoms with Gasteiger partial charge in [-0.15, -0.1) is 0 Å². The van der Waals surface area contributed by atoms with Crippen LogP contribution in [0, 0.1) is 5.41 Å². The minimum Gasteiger partial charge on any atom is -0.325 e. The maximum atomic E-state index is 12.2. The minimum absolute atomic E-state index is 0.0396. The maximum absolute atomic E-state index is 12.2. The van der Waals surface area contributed by atoms with E-state index in [-0.39, 0.29) is 5.91 Å². The van der Waals surface area contributed by atoms with Crippen molar-refractivity contribution in [1.82, 2.24) is 15.1 Å². The molecule has 0 bridgehead atoms. The van der Waals surface area contributed by atoms with E-state index in [9.17, 15) is 4.79 Å². The van der Waals surface area contributed by atoms with Crippen LogP contribution in [-0.2, 0) is 4.79 Å². The van der Waals surface area contributed by atoms with Gasteiger partial charge in [0.1, 0.15) is 0 Å². The first-order chi connectivity index (χ1) is 11.5. The lowest BCUT2D eigenvalue weighted by Crippen LogP contribution is -2.51. The SMILES string of the molecule is CC1(CN2CCN(CC(=O)Nc3ccc(Cl)cc3)CC2)CCNC1. The summed E-state index contributed by atoms with van der Waals surface area (Å²) in [5.74, 6) is 0.0396. The largest absolute Gasteiger partial charge is 0.325 e. The third-order valence-corrected chi connectivity index (χ3v) is 5.27. The van der Waals surface area contributed by atoms with Crippen LogP contribution in [0.1, 0.15) is 13.3 Å². The molecule has 0 radical (unpaired) electrons. The summed E-state index contributed by atoms with van der Waals surface area (Å²) >= 11 is 5.86. The van der Waals surface area contributed by atoms with Crippen LogP contribution < -0.4 is 10.6 Å². The van der Waals surface area contributed by atoms with Crippen molar-refractivity contribution in [3.05, 3.63) is 29.3 Å². The van der Waals surface area contributed by atoms with Crippen LogP contribution in [0.2, 0.25) is 5.02 Å². The third-order valence-electron chi connectivity index (χ3n) is 5.02. The van der Waals surface area contributed by atoms with E-state index < -0.39 is 0 Å². The third kappa shape index (κ3) is 4.93. The Morgan fingerprint density at radius 1 is 1.21 bits per heavy atom. The number of hydrogen-bond acceptors (Lipinski definition) is 4. The number of nitrogens with zero attached hydrogens (tertiary/aromatic N) is 2. The van der Waals surface area contributed by atoms with Crippen molar-refractivity contribution in [2.24, 2.45) is 5.41 Å². The lowest BCUT2D eigenvalue weighted by molar-refractivity contribution is -0.117. The topological polar surface area (TPSA) is 47.6 Å². The fourth-order valence-corrected chi connectivity index (χ4v) is 3.71. The zero-order valence-electron chi connectivity index (χ0n) is 14.4. The maximum Gasteiger partial charge on any atom is 0.238 e. The van der Waals surface area contributed by atoms with Crippen LogP contribution in [0.15, 0.2) is 24.3 Å². The number of anilines is 1.